The van der Waals surface area contributed by atoms with Gasteiger partial charge in [-0.3, -0.25) is 0 Å². The Bertz CT molecular complexity index is 338. The summed E-state index contributed by atoms with van der Waals surface area (Å²) in [6.45, 7) is 12.1. The number of hydrogen-bond donors (Lipinski definition) is 0. The van der Waals surface area contributed by atoms with Crippen LogP contribution >= 0.6 is 11.3 Å². The van der Waals surface area contributed by atoms with E-state index in [1.807, 2.05) is 6.20 Å². The van der Waals surface area contributed by atoms with Crippen LogP contribution in [-0.4, -0.2) is 13.3 Å². The van der Waals surface area contributed by atoms with E-state index in [1.54, 1.807) is 11.3 Å². The summed E-state index contributed by atoms with van der Waals surface area (Å²) in [4.78, 5) is 5.55. The van der Waals surface area contributed by atoms with Gasteiger partial charge in [0.1, 0.15) is 0 Å². The fourth-order valence-electron chi connectivity index (χ4n) is 0.883. The topological polar surface area (TPSA) is 22.1 Å². The van der Waals surface area contributed by atoms with Gasteiger partial charge < -0.3 is 17.0 Å². The molecule has 0 fully saturated rings. The van der Waals surface area contributed by atoms with Gasteiger partial charge >= 0.3 is 108 Å². The average Bonchev–Trinajstić information content (AvgIpc) is 2.46. The van der Waals surface area contributed by atoms with Crippen LogP contribution in [0.5, 0.6) is 0 Å². The predicted molar refractivity (Wildman–Crippen MR) is 63.7 cm³/mol. The number of nitrogens with zero attached hydrogens (tertiary/aromatic N) is 1. The van der Waals surface area contributed by atoms with Gasteiger partial charge in [0.05, 0.1) is 0 Å². The van der Waals surface area contributed by atoms with Crippen molar-refractivity contribution in [3.05, 3.63) is 11.1 Å². The number of hydrogen-bond acceptors (Lipinski definition) is 3. The molecule has 0 aliphatic rings. The Hall–Kier alpha value is 0.910. The summed E-state index contributed by atoms with van der Waals surface area (Å²) in [6, 6.07) is 0. The van der Waals surface area contributed by atoms with Crippen molar-refractivity contribution in [3.63, 3.8) is 0 Å². The number of halogens is 1. The van der Waals surface area contributed by atoms with Crippen molar-refractivity contribution in [1.82, 2.24) is 4.98 Å². The molecule has 0 aliphatic carbocycles. The molecule has 0 aromatic carbocycles. The van der Waals surface area contributed by atoms with Gasteiger partial charge in [-0.15, -0.1) is 0 Å². The number of aromatic nitrogens is 1. The van der Waals surface area contributed by atoms with Crippen LogP contribution in [-0.2, 0) is 29.3 Å². The minimum absolute atomic E-state index is 0. The minimum Gasteiger partial charge on any atom is -1.00 e. The minimum atomic E-state index is -1.59. The molecule has 1 heterocycles. The molecule has 0 bridgehead atoms. The zero-order valence-corrected chi connectivity index (χ0v) is 17.0. The summed E-state index contributed by atoms with van der Waals surface area (Å²) in [5.74, 6) is 0. The largest absolute Gasteiger partial charge is 1.00 e. The molecule has 6 heteroatoms. The molecule has 0 radical (unpaired) electrons. The maximum atomic E-state index is 6.12. The third kappa shape index (κ3) is 4.65. The summed E-state index contributed by atoms with van der Waals surface area (Å²) in [5.41, 5.74) is 0. The van der Waals surface area contributed by atoms with Gasteiger partial charge in [-0.2, -0.15) is 0 Å². The molecule has 0 atom stereocenters. The van der Waals surface area contributed by atoms with E-state index in [1.165, 1.54) is 8.48 Å². The van der Waals surface area contributed by atoms with Crippen LogP contribution in [0.15, 0.2) is 6.20 Å². The van der Waals surface area contributed by atoms with Crippen molar-refractivity contribution in [3.8, 4) is 0 Å². The molecule has 88 valence electrons. The third-order valence-corrected chi connectivity index (χ3v) is 9.58. The molecule has 0 saturated heterocycles. The fraction of sp³-hybridized carbons (Fsp3) is 0.700. The standard InChI is InChI=1S/C10H18NOSSi.BrH.Zn/c1-10(2,3)14(4,5)12-7-9-6-11-8-13-9;;/h6H,7H2,1-5H3;1H;/q;;+1/p-1. The molecule has 1 rings (SSSR count). The van der Waals surface area contributed by atoms with Gasteiger partial charge in [-0.1, -0.05) is 0 Å². The zero-order chi connectivity index (χ0) is 11.7. The van der Waals surface area contributed by atoms with Gasteiger partial charge in [0.2, 0.25) is 0 Å². The van der Waals surface area contributed by atoms with Crippen molar-refractivity contribution in [2.45, 2.75) is 45.5 Å². The van der Waals surface area contributed by atoms with Gasteiger partial charge in [0.15, 0.2) is 0 Å². The molecule has 0 unspecified atom stereocenters. The van der Waals surface area contributed by atoms with Gasteiger partial charge in [0.25, 0.3) is 0 Å². The molecular weight excluding hydrogens is 356 g/mol. The SMILES string of the molecule is CC(C)(C)[Si](C)(C)OCc1cn[c]([Zn+])s1.[Br-]. The van der Waals surface area contributed by atoms with E-state index in [0.29, 0.717) is 5.04 Å². The summed E-state index contributed by atoms with van der Waals surface area (Å²) in [5, 5.41) is 0.292. The van der Waals surface area contributed by atoms with Crippen LogP contribution in [0, 0.1) is 0 Å². The van der Waals surface area contributed by atoms with Crippen molar-refractivity contribution in [2.75, 3.05) is 0 Å². The van der Waals surface area contributed by atoms with E-state index in [4.69, 9.17) is 4.43 Å². The van der Waals surface area contributed by atoms with Crippen LogP contribution in [0.1, 0.15) is 25.6 Å². The monoisotopic (exact) mass is 371 g/mol. The smallest absolute Gasteiger partial charge is 1.00 e. The Morgan fingerprint density at radius 3 is 2.38 bits per heavy atom. The van der Waals surface area contributed by atoms with Crippen molar-refractivity contribution < 1.29 is 39.7 Å². The first kappa shape index (κ1) is 16.9. The van der Waals surface area contributed by atoms with E-state index < -0.39 is 8.32 Å². The number of thiazole rings is 1. The first-order valence-corrected chi connectivity index (χ1v) is 10.3. The normalized spacial score (nSPS) is 12.4. The molecular formula is C10H18BrNOSSiZn. The maximum Gasteiger partial charge on any atom is -1.00 e. The van der Waals surface area contributed by atoms with Crippen LogP contribution in [0.25, 0.3) is 0 Å². The van der Waals surface area contributed by atoms with Gasteiger partial charge in [0, 0.05) is 0 Å². The first-order valence-electron chi connectivity index (χ1n) is 5.13. The van der Waals surface area contributed by atoms with E-state index in [0.717, 1.165) is 24.9 Å². The van der Waals surface area contributed by atoms with Gasteiger partial charge in [-0.05, 0) is 0 Å². The molecule has 16 heavy (non-hydrogen) atoms. The Labute approximate surface area is 124 Å². The van der Waals surface area contributed by atoms with Crippen LogP contribution in [0.3, 0.4) is 0 Å². The van der Waals surface area contributed by atoms with E-state index in [2.05, 4.69) is 38.8 Å². The Morgan fingerprint density at radius 1 is 1.44 bits per heavy atom. The van der Waals surface area contributed by atoms with Crippen molar-refractivity contribution in [1.29, 1.82) is 0 Å². The molecule has 1 aromatic heterocycles. The molecule has 0 aliphatic heterocycles. The van der Waals surface area contributed by atoms with Crippen LogP contribution < -0.4 is 20.6 Å². The summed E-state index contributed by atoms with van der Waals surface area (Å²) in [6.07, 6.45) is 1.96. The second-order valence-electron chi connectivity index (χ2n) is 5.27. The number of rotatable bonds is 3. The quantitative estimate of drug-likeness (QED) is 0.687. The van der Waals surface area contributed by atoms with Crippen molar-refractivity contribution >= 4 is 23.3 Å². The Kier molecular flexibility index (Phi) is 6.54. The summed E-state index contributed by atoms with van der Waals surface area (Å²) in [7, 11) is -1.59. The van der Waals surface area contributed by atoms with E-state index >= 15 is 0 Å². The van der Waals surface area contributed by atoms with Gasteiger partial charge in [-0.25, -0.2) is 0 Å². The van der Waals surface area contributed by atoms with Crippen LogP contribution in [0.4, 0.5) is 0 Å². The van der Waals surface area contributed by atoms with E-state index in [9.17, 15) is 0 Å². The van der Waals surface area contributed by atoms with E-state index in [-0.39, 0.29) is 17.0 Å². The molecule has 0 saturated carbocycles. The maximum absolute atomic E-state index is 6.12. The zero-order valence-electron chi connectivity index (χ0n) is 10.6. The summed E-state index contributed by atoms with van der Waals surface area (Å²) >= 11 is 2.92. The fourth-order valence-corrected chi connectivity index (χ4v) is 3.93. The predicted octanol–water partition coefficient (Wildman–Crippen LogP) is -0.159. The Morgan fingerprint density at radius 2 is 2.00 bits per heavy atom. The molecule has 1 aromatic rings. The first-order chi connectivity index (χ1) is 6.72. The molecule has 0 N–H and O–H groups in total. The third-order valence-electron chi connectivity index (χ3n) is 2.98. The molecule has 2 nitrogen and oxygen atoms in total. The van der Waals surface area contributed by atoms with Crippen LogP contribution in [0.2, 0.25) is 18.1 Å². The average molecular weight is 374 g/mol. The second-order valence-corrected chi connectivity index (χ2v) is 13.8. The summed E-state index contributed by atoms with van der Waals surface area (Å²) < 4.78 is 7.36. The van der Waals surface area contributed by atoms with Crippen molar-refractivity contribution in [2.24, 2.45) is 0 Å². The molecule has 0 spiro atoms. The Balaban J connectivity index is 0.00000225. The molecule has 0 amide bonds. The second kappa shape index (κ2) is 6.19.